The van der Waals surface area contributed by atoms with Crippen LogP contribution < -0.4 is 0 Å². The third kappa shape index (κ3) is 1.97. The van der Waals surface area contributed by atoms with Crippen LogP contribution in [-0.4, -0.2) is 21.2 Å². The average Bonchev–Trinajstić information content (AvgIpc) is 2.03. The first-order valence-electron chi connectivity index (χ1n) is 3.25. The Bertz CT molecular complexity index is 377. The Labute approximate surface area is 78.6 Å². The first-order chi connectivity index (χ1) is 6.02. The summed E-state index contributed by atoms with van der Waals surface area (Å²) in [4.78, 5) is 20.9. The van der Waals surface area contributed by atoms with E-state index < -0.39 is 10.9 Å². The number of thiol groups is 1. The minimum absolute atomic E-state index is 0.287. The van der Waals surface area contributed by atoms with Crippen LogP contribution in [-0.2, 0) is 0 Å². The highest BCUT2D eigenvalue weighted by molar-refractivity contribution is 7.80. The molecular weight excluding hydrogens is 194 g/mol. The molecule has 0 radical (unpaired) electrons. The van der Waals surface area contributed by atoms with Gasteiger partial charge in [-0.2, -0.15) is 0 Å². The molecule has 0 fully saturated rings. The summed E-state index contributed by atoms with van der Waals surface area (Å²) < 4.78 is 0. The Morgan fingerprint density at radius 1 is 1.46 bits per heavy atom. The SMILES string of the molecule is O=C(O)c1cc(S)ccc1[N+](=O)O. The Hall–Kier alpha value is -1.56. The maximum Gasteiger partial charge on any atom is 0.342 e. The van der Waals surface area contributed by atoms with E-state index in [2.05, 4.69) is 12.6 Å². The fourth-order valence-electron chi connectivity index (χ4n) is 0.862. The van der Waals surface area contributed by atoms with Gasteiger partial charge in [-0.05, 0) is 12.1 Å². The number of aromatic carboxylic acids is 1. The van der Waals surface area contributed by atoms with E-state index >= 15 is 0 Å². The van der Waals surface area contributed by atoms with Crippen LogP contribution in [0.25, 0.3) is 0 Å². The van der Waals surface area contributed by atoms with Crippen molar-refractivity contribution in [2.24, 2.45) is 0 Å². The van der Waals surface area contributed by atoms with E-state index in [-0.39, 0.29) is 11.3 Å². The van der Waals surface area contributed by atoms with Crippen LogP contribution in [0.2, 0.25) is 0 Å². The molecule has 0 aliphatic heterocycles. The summed E-state index contributed by atoms with van der Waals surface area (Å²) in [6.45, 7) is 0. The van der Waals surface area contributed by atoms with Crippen LogP contribution in [0.1, 0.15) is 10.4 Å². The predicted molar refractivity (Wildman–Crippen MR) is 45.7 cm³/mol. The molecule has 0 spiro atoms. The zero-order chi connectivity index (χ0) is 10.0. The smallest absolute Gasteiger partial charge is 0.342 e. The maximum absolute atomic E-state index is 10.6. The molecule has 0 saturated carbocycles. The summed E-state index contributed by atoms with van der Waals surface area (Å²) in [7, 11) is 0. The van der Waals surface area contributed by atoms with Gasteiger partial charge in [0.05, 0.1) is 4.91 Å². The van der Waals surface area contributed by atoms with Crippen LogP contribution in [0.5, 0.6) is 0 Å². The zero-order valence-corrected chi connectivity index (χ0v) is 7.23. The van der Waals surface area contributed by atoms with Crippen LogP contribution in [0, 0.1) is 4.91 Å². The lowest BCUT2D eigenvalue weighted by Gasteiger charge is -1.94. The number of carboxylic acid groups (broad SMARTS) is 1. The quantitative estimate of drug-likeness (QED) is 0.499. The van der Waals surface area contributed by atoms with Gasteiger partial charge in [-0.3, -0.25) is 0 Å². The van der Waals surface area contributed by atoms with Crippen molar-refractivity contribution in [3.8, 4) is 0 Å². The Morgan fingerprint density at radius 2 is 2.08 bits per heavy atom. The number of rotatable bonds is 2. The third-order valence-electron chi connectivity index (χ3n) is 1.42. The molecule has 0 bridgehead atoms. The molecule has 13 heavy (non-hydrogen) atoms. The molecule has 6 heteroatoms. The van der Waals surface area contributed by atoms with Gasteiger partial charge in [0.25, 0.3) is 4.92 Å². The maximum atomic E-state index is 10.6. The standard InChI is InChI=1S/C7H5NO4S/c9-7(10)5-3-4(13)1-2-6(5)8(11)12/h1-3H,(H2-,9,10,11,12,13)/p+1. The average molecular weight is 200 g/mol. The van der Waals surface area contributed by atoms with E-state index in [1.807, 2.05) is 0 Å². The van der Waals surface area contributed by atoms with Gasteiger partial charge >= 0.3 is 11.7 Å². The fraction of sp³-hybridized carbons (Fsp3) is 0. The molecule has 0 atom stereocenters. The van der Waals surface area contributed by atoms with Crippen molar-refractivity contribution in [3.63, 3.8) is 0 Å². The molecule has 1 rings (SSSR count). The lowest BCUT2D eigenvalue weighted by molar-refractivity contribution is -0.729. The molecule has 1 aromatic carbocycles. The first-order valence-corrected chi connectivity index (χ1v) is 3.69. The topological polar surface area (TPSA) is 77.6 Å². The van der Waals surface area contributed by atoms with E-state index in [1.54, 1.807) is 0 Å². The summed E-state index contributed by atoms with van der Waals surface area (Å²) >= 11 is 3.90. The monoisotopic (exact) mass is 200 g/mol. The predicted octanol–water partition coefficient (Wildman–Crippen LogP) is 1.47. The third-order valence-corrected chi connectivity index (χ3v) is 1.69. The van der Waals surface area contributed by atoms with Gasteiger partial charge in [0.15, 0.2) is 0 Å². The summed E-state index contributed by atoms with van der Waals surface area (Å²) in [5, 5.41) is 17.2. The number of nitrogens with zero attached hydrogens (tertiary/aromatic N) is 1. The lowest BCUT2D eigenvalue weighted by Crippen LogP contribution is -2.03. The van der Waals surface area contributed by atoms with E-state index in [0.717, 1.165) is 0 Å². The van der Waals surface area contributed by atoms with E-state index in [9.17, 15) is 9.70 Å². The van der Waals surface area contributed by atoms with Crippen molar-refractivity contribution >= 4 is 24.3 Å². The second kappa shape index (κ2) is 3.44. The normalized spacial score (nSPS) is 9.62. The van der Waals surface area contributed by atoms with Gasteiger partial charge in [-0.25, -0.2) is 10.0 Å². The van der Waals surface area contributed by atoms with Crippen molar-refractivity contribution in [2.75, 3.05) is 0 Å². The molecule has 0 aliphatic carbocycles. The number of carbonyl (C=O) groups is 1. The molecule has 0 aromatic heterocycles. The van der Waals surface area contributed by atoms with Crippen LogP contribution in [0.15, 0.2) is 23.1 Å². The Morgan fingerprint density at radius 3 is 2.54 bits per heavy atom. The van der Waals surface area contributed by atoms with Gasteiger partial charge in [-0.15, -0.1) is 12.6 Å². The van der Waals surface area contributed by atoms with Crippen molar-refractivity contribution in [3.05, 3.63) is 28.7 Å². The summed E-state index contributed by atoms with van der Waals surface area (Å²) in [6.07, 6.45) is 0. The Kier molecular flexibility index (Phi) is 2.52. The Balaban J connectivity index is 3.35. The highest BCUT2D eigenvalue weighted by atomic mass is 32.1. The van der Waals surface area contributed by atoms with E-state index in [0.29, 0.717) is 4.90 Å². The van der Waals surface area contributed by atoms with Crippen molar-refractivity contribution in [1.29, 1.82) is 0 Å². The van der Waals surface area contributed by atoms with Gasteiger partial charge in [0, 0.05) is 11.0 Å². The number of benzene rings is 1. The molecule has 0 saturated heterocycles. The van der Waals surface area contributed by atoms with Crippen LogP contribution in [0.4, 0.5) is 5.69 Å². The molecule has 0 unspecified atom stereocenters. The molecule has 0 aliphatic rings. The first kappa shape index (κ1) is 9.53. The molecule has 2 N–H and O–H groups in total. The van der Waals surface area contributed by atoms with E-state index in [1.165, 1.54) is 18.2 Å². The van der Waals surface area contributed by atoms with Crippen LogP contribution >= 0.6 is 12.6 Å². The van der Waals surface area contributed by atoms with Crippen LogP contribution in [0.3, 0.4) is 0 Å². The minimum Gasteiger partial charge on any atom is -0.477 e. The molecule has 5 nitrogen and oxygen atoms in total. The number of carboxylic acids is 1. The molecule has 1 aromatic rings. The highest BCUT2D eigenvalue weighted by Gasteiger charge is 2.23. The van der Waals surface area contributed by atoms with Gasteiger partial charge in [0.1, 0.15) is 5.56 Å². The summed E-state index contributed by atoms with van der Waals surface area (Å²) in [5.41, 5.74) is -0.602. The summed E-state index contributed by atoms with van der Waals surface area (Å²) in [6, 6.07) is 3.77. The molecule has 68 valence electrons. The number of hydrogen-bond donors (Lipinski definition) is 3. The van der Waals surface area contributed by atoms with Gasteiger partial charge < -0.3 is 5.11 Å². The van der Waals surface area contributed by atoms with Crippen molar-refractivity contribution < 1.29 is 20.0 Å². The molecule has 0 amide bonds. The second-order valence-corrected chi connectivity index (χ2v) is 2.80. The molecule has 0 heterocycles. The molecular formula is C7H6NO4S+. The van der Waals surface area contributed by atoms with Crippen molar-refractivity contribution in [1.82, 2.24) is 0 Å². The lowest BCUT2D eigenvalue weighted by atomic mass is 10.2. The number of hydrogen-bond acceptors (Lipinski definition) is 3. The fourth-order valence-corrected chi connectivity index (χ4v) is 1.07. The van der Waals surface area contributed by atoms with Crippen molar-refractivity contribution in [2.45, 2.75) is 4.90 Å². The second-order valence-electron chi connectivity index (χ2n) is 2.28. The van der Waals surface area contributed by atoms with Gasteiger partial charge in [0.2, 0.25) is 0 Å². The highest BCUT2D eigenvalue weighted by Crippen LogP contribution is 2.20. The summed E-state index contributed by atoms with van der Waals surface area (Å²) in [5.74, 6) is -1.29. The van der Waals surface area contributed by atoms with E-state index in [4.69, 9.17) is 10.3 Å². The zero-order valence-electron chi connectivity index (χ0n) is 6.34. The minimum atomic E-state index is -1.29. The van der Waals surface area contributed by atoms with Gasteiger partial charge in [-0.1, -0.05) is 0 Å². The largest absolute Gasteiger partial charge is 0.477 e.